The van der Waals surface area contributed by atoms with Crippen LogP contribution >= 0.6 is 11.8 Å². The van der Waals surface area contributed by atoms with Crippen LogP contribution < -0.4 is 5.32 Å². The van der Waals surface area contributed by atoms with Crippen LogP contribution in [0.15, 0.2) is 58.3 Å². The largest absolute Gasteiger partial charge is 0.398 e. The van der Waals surface area contributed by atoms with Gasteiger partial charge in [0, 0.05) is 23.5 Å². The summed E-state index contributed by atoms with van der Waals surface area (Å²) < 4.78 is 63.6. The van der Waals surface area contributed by atoms with Crippen molar-refractivity contribution in [2.75, 3.05) is 18.1 Å². The molecule has 2 aromatic carbocycles. The molecular weight excluding hydrogens is 425 g/mol. The molecule has 0 saturated heterocycles. The minimum absolute atomic E-state index is 0.0476. The third-order valence-corrected chi connectivity index (χ3v) is 7.23. The van der Waals surface area contributed by atoms with Crippen molar-refractivity contribution in [1.29, 1.82) is 0 Å². The maximum atomic E-state index is 12.5. The van der Waals surface area contributed by atoms with Crippen LogP contribution in [0.5, 0.6) is 0 Å². The zero-order valence-electron chi connectivity index (χ0n) is 16.0. The highest BCUT2D eigenvalue weighted by molar-refractivity contribution is 7.99. The molecule has 0 saturated carbocycles. The van der Waals surface area contributed by atoms with E-state index in [1.165, 1.54) is 47.8 Å². The van der Waals surface area contributed by atoms with Gasteiger partial charge < -0.3 is 5.32 Å². The average molecular weight is 447 g/mol. The molecule has 0 aliphatic rings. The van der Waals surface area contributed by atoms with Crippen LogP contribution in [0.25, 0.3) is 0 Å². The van der Waals surface area contributed by atoms with Crippen molar-refractivity contribution in [3.8, 4) is 0 Å². The molecule has 1 N–H and O–H groups in total. The lowest BCUT2D eigenvalue weighted by atomic mass is 10.2. The van der Waals surface area contributed by atoms with Crippen LogP contribution in [0.4, 0.5) is 18.9 Å². The first-order chi connectivity index (χ1) is 13.4. The zero-order valence-corrected chi connectivity index (χ0v) is 17.7. The van der Waals surface area contributed by atoms with E-state index in [9.17, 15) is 26.4 Å². The lowest BCUT2D eigenvalue weighted by Gasteiger charge is -2.21. The third-order valence-electron chi connectivity index (χ3n) is 4.05. The van der Waals surface area contributed by atoms with Gasteiger partial charge in [0.1, 0.15) is 0 Å². The van der Waals surface area contributed by atoms with Crippen molar-refractivity contribution in [3.63, 3.8) is 0 Å². The Balaban J connectivity index is 2.17. The molecule has 0 spiro atoms. The minimum Gasteiger partial charge on any atom is -0.321 e. The molecule has 0 aliphatic heterocycles. The highest BCUT2D eigenvalue weighted by Crippen LogP contribution is 2.32. The number of para-hydroxylation sites is 1. The molecule has 1 amide bonds. The van der Waals surface area contributed by atoms with Gasteiger partial charge in [0.15, 0.2) is 0 Å². The molecule has 2 aromatic rings. The van der Waals surface area contributed by atoms with Gasteiger partial charge in [0.25, 0.3) is 5.91 Å². The summed E-state index contributed by atoms with van der Waals surface area (Å²) in [5.41, 5.74) is 0.440. The van der Waals surface area contributed by atoms with E-state index in [-0.39, 0.29) is 27.1 Å². The summed E-state index contributed by atoms with van der Waals surface area (Å²) in [7, 11) is -2.21. The molecule has 0 aliphatic carbocycles. The van der Waals surface area contributed by atoms with Crippen molar-refractivity contribution >= 4 is 33.4 Å². The summed E-state index contributed by atoms with van der Waals surface area (Å²) in [6, 6.07) is 11.3. The molecule has 5 nitrogen and oxygen atoms in total. The fraction of sp³-hybridized carbons (Fsp3) is 0.316. The predicted octanol–water partition coefficient (Wildman–Crippen LogP) is 4.62. The van der Waals surface area contributed by atoms with Gasteiger partial charge >= 0.3 is 6.18 Å². The molecule has 0 aromatic heterocycles. The summed E-state index contributed by atoms with van der Waals surface area (Å²) in [4.78, 5) is 12.8. The quantitative estimate of drug-likeness (QED) is 0.630. The van der Waals surface area contributed by atoms with Crippen LogP contribution in [0.3, 0.4) is 0 Å². The second-order valence-electron chi connectivity index (χ2n) is 6.49. The monoisotopic (exact) mass is 446 g/mol. The maximum Gasteiger partial charge on any atom is 0.398 e. The number of hydrogen-bond acceptors (Lipinski definition) is 4. The van der Waals surface area contributed by atoms with E-state index in [0.29, 0.717) is 11.8 Å². The van der Waals surface area contributed by atoms with E-state index in [1.54, 1.807) is 26.0 Å². The van der Waals surface area contributed by atoms with Crippen molar-refractivity contribution in [3.05, 3.63) is 54.1 Å². The number of halogens is 3. The standard InChI is InChI=1S/C19H21F3N2O3S2/c1-13(2)24(3)29(26,27)15-10-8-14(9-11-15)18(25)23-16-6-4-5-7-17(16)28-12-19(20,21)22/h4-11,13H,12H2,1-3H3,(H,23,25). The highest BCUT2D eigenvalue weighted by Gasteiger charge is 2.28. The van der Waals surface area contributed by atoms with Crippen molar-refractivity contribution in [2.24, 2.45) is 0 Å². The van der Waals surface area contributed by atoms with Gasteiger partial charge in [-0.1, -0.05) is 12.1 Å². The van der Waals surface area contributed by atoms with Crippen LogP contribution in [-0.2, 0) is 10.0 Å². The number of anilines is 1. The number of thioether (sulfide) groups is 1. The molecule has 0 atom stereocenters. The van der Waals surface area contributed by atoms with E-state index in [2.05, 4.69) is 5.32 Å². The first-order valence-corrected chi connectivity index (χ1v) is 11.0. The first-order valence-electron chi connectivity index (χ1n) is 8.60. The number of carbonyl (C=O) groups is 1. The zero-order chi connectivity index (χ0) is 21.8. The molecule has 0 unspecified atom stereocenters. The summed E-state index contributed by atoms with van der Waals surface area (Å²) in [5, 5.41) is 2.58. The Bertz CT molecular complexity index is 959. The molecular formula is C19H21F3N2O3S2. The Morgan fingerprint density at radius 2 is 1.69 bits per heavy atom. The molecule has 2 rings (SSSR count). The van der Waals surface area contributed by atoms with Gasteiger partial charge in [-0.25, -0.2) is 8.42 Å². The maximum absolute atomic E-state index is 12.5. The molecule has 10 heteroatoms. The van der Waals surface area contributed by atoms with Gasteiger partial charge in [0.2, 0.25) is 10.0 Å². The number of rotatable bonds is 7. The minimum atomic E-state index is -4.33. The fourth-order valence-corrected chi connectivity index (χ4v) is 4.41. The van der Waals surface area contributed by atoms with Gasteiger partial charge in [-0.15, -0.1) is 11.8 Å². The second-order valence-corrected chi connectivity index (χ2v) is 9.51. The summed E-state index contributed by atoms with van der Waals surface area (Å²) in [6.07, 6.45) is -4.33. The lowest BCUT2D eigenvalue weighted by Crippen LogP contribution is -2.33. The molecule has 0 fully saturated rings. The summed E-state index contributed by atoms with van der Waals surface area (Å²) in [6.45, 7) is 3.49. The molecule has 0 heterocycles. The number of nitrogens with one attached hydrogen (secondary N) is 1. The third kappa shape index (κ3) is 6.22. The predicted molar refractivity (Wildman–Crippen MR) is 108 cm³/mol. The molecule has 0 radical (unpaired) electrons. The Kier molecular flexibility index (Phi) is 7.36. The van der Waals surface area contributed by atoms with Crippen LogP contribution in [0.1, 0.15) is 24.2 Å². The highest BCUT2D eigenvalue weighted by atomic mass is 32.2. The fourth-order valence-electron chi connectivity index (χ4n) is 2.27. The first kappa shape index (κ1) is 23.2. The SMILES string of the molecule is CC(C)N(C)S(=O)(=O)c1ccc(C(=O)Nc2ccccc2SCC(F)(F)F)cc1. The summed E-state index contributed by atoms with van der Waals surface area (Å²) >= 11 is 0.578. The average Bonchev–Trinajstić information content (AvgIpc) is 2.66. The van der Waals surface area contributed by atoms with E-state index in [0.717, 1.165) is 0 Å². The number of benzene rings is 2. The Hall–Kier alpha value is -2.04. The Morgan fingerprint density at radius 1 is 1.10 bits per heavy atom. The van der Waals surface area contributed by atoms with E-state index >= 15 is 0 Å². The lowest BCUT2D eigenvalue weighted by molar-refractivity contribution is -0.105. The topological polar surface area (TPSA) is 66.5 Å². The number of sulfonamides is 1. The van der Waals surface area contributed by atoms with Crippen LogP contribution in [0, 0.1) is 0 Å². The number of hydrogen-bond donors (Lipinski definition) is 1. The normalized spacial score (nSPS) is 12.4. The number of amides is 1. The van der Waals surface area contributed by atoms with E-state index in [4.69, 9.17) is 0 Å². The van der Waals surface area contributed by atoms with Crippen molar-refractivity contribution in [1.82, 2.24) is 4.31 Å². The molecule has 0 bridgehead atoms. The molecule has 29 heavy (non-hydrogen) atoms. The van der Waals surface area contributed by atoms with Gasteiger partial charge in [-0.2, -0.15) is 17.5 Å². The van der Waals surface area contributed by atoms with Gasteiger partial charge in [-0.3, -0.25) is 4.79 Å². The van der Waals surface area contributed by atoms with Gasteiger partial charge in [-0.05, 0) is 50.2 Å². The Labute approximate surface area is 172 Å². The number of nitrogens with zero attached hydrogens (tertiary/aromatic N) is 1. The van der Waals surface area contributed by atoms with Crippen molar-refractivity contribution in [2.45, 2.75) is 35.9 Å². The van der Waals surface area contributed by atoms with E-state index < -0.39 is 27.9 Å². The number of carbonyl (C=O) groups excluding carboxylic acids is 1. The van der Waals surface area contributed by atoms with Gasteiger partial charge in [0.05, 0.1) is 16.3 Å². The van der Waals surface area contributed by atoms with Crippen LogP contribution in [-0.4, -0.2) is 43.6 Å². The van der Waals surface area contributed by atoms with Crippen molar-refractivity contribution < 1.29 is 26.4 Å². The Morgan fingerprint density at radius 3 is 2.24 bits per heavy atom. The van der Waals surface area contributed by atoms with E-state index in [1.807, 2.05) is 0 Å². The summed E-state index contributed by atoms with van der Waals surface area (Å²) in [5.74, 6) is -1.62. The smallest absolute Gasteiger partial charge is 0.321 e. The molecule has 158 valence electrons. The van der Waals surface area contributed by atoms with Crippen LogP contribution in [0.2, 0.25) is 0 Å². The number of alkyl halides is 3. The second kappa shape index (κ2) is 9.19.